The van der Waals surface area contributed by atoms with Crippen LogP contribution in [0.5, 0.6) is 0 Å². The molecule has 0 aliphatic carbocycles. The third-order valence-corrected chi connectivity index (χ3v) is 0.936. The van der Waals surface area contributed by atoms with Crippen LogP contribution in [0.3, 0.4) is 0 Å². The van der Waals surface area contributed by atoms with Gasteiger partial charge in [-0.15, -0.1) is 0 Å². The molecule has 0 heterocycles. The van der Waals surface area contributed by atoms with E-state index in [0.29, 0.717) is 0 Å². The van der Waals surface area contributed by atoms with E-state index in [2.05, 4.69) is 15.0 Å². The molecule has 0 aromatic carbocycles. The normalized spacial score (nSPS) is 11.5. The second-order valence-corrected chi connectivity index (χ2v) is 2.46. The van der Waals surface area contributed by atoms with Crippen LogP contribution < -0.4 is 0 Å². The minimum atomic E-state index is -0.245. The Labute approximate surface area is 75.5 Å². The number of aliphatic imine (C=N–C) groups is 1. The molecule has 0 spiro atoms. The van der Waals surface area contributed by atoms with E-state index in [1.807, 2.05) is 34.6 Å². The van der Waals surface area contributed by atoms with Crippen LogP contribution in [-0.4, -0.2) is 25.1 Å². The van der Waals surface area contributed by atoms with Gasteiger partial charge in [-0.3, -0.25) is 4.99 Å². The van der Waals surface area contributed by atoms with Gasteiger partial charge in [-0.05, 0) is 27.0 Å². The van der Waals surface area contributed by atoms with E-state index < -0.39 is 0 Å². The van der Waals surface area contributed by atoms with E-state index in [0.717, 1.165) is 0 Å². The molecule has 0 N–H and O–H groups in total. The average Bonchev–Trinajstić information content (AvgIpc) is 2.05. The first-order chi connectivity index (χ1) is 5.62. The Morgan fingerprint density at radius 3 is 2.08 bits per heavy atom. The lowest BCUT2D eigenvalue weighted by atomic mass is 10.1. The second kappa shape index (κ2) is 8.24. The molecule has 0 saturated heterocycles. The van der Waals surface area contributed by atoms with Crippen LogP contribution in [0.25, 0.3) is 0 Å². The smallest absolute Gasteiger partial charge is 0.106 e. The first kappa shape index (κ1) is 13.7. The molecule has 0 radical (unpaired) electrons. The Morgan fingerprint density at radius 1 is 1.25 bits per heavy atom. The van der Waals surface area contributed by atoms with Gasteiger partial charge in [0.05, 0.1) is 11.8 Å². The summed E-state index contributed by atoms with van der Waals surface area (Å²) in [5.41, 5.74) is -0.245. The largest absolute Gasteiger partial charge is 0.399 e. The monoisotopic (exact) mass is 172 g/mol. The van der Waals surface area contributed by atoms with Crippen molar-refractivity contribution in [2.24, 2.45) is 10.1 Å². The summed E-state index contributed by atoms with van der Waals surface area (Å²) in [5.74, 6) is 0. The van der Waals surface area contributed by atoms with Crippen LogP contribution >= 0.6 is 0 Å². The maximum atomic E-state index is 4.52. The van der Waals surface area contributed by atoms with Gasteiger partial charge >= 0.3 is 0 Å². The number of nitrogens with zero attached hydrogens (tertiary/aromatic N) is 2. The Balaban J connectivity index is 0. The van der Waals surface area contributed by atoms with Crippen molar-refractivity contribution < 1.29 is 4.84 Å². The number of hydrogen-bond acceptors (Lipinski definition) is 3. The molecule has 0 aliphatic rings. The Morgan fingerprint density at radius 2 is 1.75 bits per heavy atom. The van der Waals surface area contributed by atoms with Crippen molar-refractivity contribution in [2.75, 3.05) is 7.11 Å². The summed E-state index contributed by atoms with van der Waals surface area (Å²) in [6.07, 6.45) is 3.41. The lowest BCUT2D eigenvalue weighted by Gasteiger charge is -2.10. The first-order valence-corrected chi connectivity index (χ1v) is 4.20. The molecule has 0 atom stereocenters. The molecule has 72 valence electrons. The highest BCUT2D eigenvalue weighted by Gasteiger charge is 2.10. The molecule has 0 bridgehead atoms. The molecule has 0 aliphatic heterocycles. The van der Waals surface area contributed by atoms with Gasteiger partial charge in [-0.25, -0.2) is 0 Å². The molecule has 0 rings (SSSR count). The minimum absolute atomic E-state index is 0.245. The van der Waals surface area contributed by atoms with Gasteiger partial charge in [0.1, 0.15) is 7.11 Å². The summed E-state index contributed by atoms with van der Waals surface area (Å²) in [5, 5.41) is 3.62. The highest BCUT2D eigenvalue weighted by molar-refractivity contribution is 5.71. The summed E-state index contributed by atoms with van der Waals surface area (Å²) >= 11 is 0. The predicted octanol–water partition coefficient (Wildman–Crippen LogP) is 2.51. The van der Waals surface area contributed by atoms with Gasteiger partial charge < -0.3 is 4.84 Å². The molecule has 0 saturated carbocycles. The van der Waals surface area contributed by atoms with Crippen LogP contribution in [0.2, 0.25) is 0 Å². The molecule has 0 unspecified atom stereocenters. The van der Waals surface area contributed by atoms with E-state index in [9.17, 15) is 0 Å². The standard InChI is InChI=1S/C7H14N2O.C2H6/c1-5-8-7(2,3)6-9-10-4;1-2/h5-6H,1-4H3;1-2H3/b8-5?,9-6-;. The quantitative estimate of drug-likeness (QED) is 0.475. The number of hydrogen-bond donors (Lipinski definition) is 0. The third kappa shape index (κ3) is 9.14. The van der Waals surface area contributed by atoms with E-state index in [1.54, 1.807) is 12.4 Å². The number of oxime groups is 1. The zero-order valence-electron chi connectivity index (χ0n) is 8.96. The molecule has 3 heteroatoms. The highest BCUT2D eigenvalue weighted by atomic mass is 16.6. The van der Waals surface area contributed by atoms with E-state index >= 15 is 0 Å². The van der Waals surface area contributed by atoms with Crippen molar-refractivity contribution >= 4 is 12.4 Å². The summed E-state index contributed by atoms with van der Waals surface area (Å²) in [7, 11) is 1.52. The minimum Gasteiger partial charge on any atom is -0.399 e. The topological polar surface area (TPSA) is 34.0 Å². The predicted molar refractivity (Wildman–Crippen MR) is 55.1 cm³/mol. The number of rotatable bonds is 3. The Hall–Kier alpha value is -0.860. The highest BCUT2D eigenvalue weighted by Crippen LogP contribution is 2.03. The Kier molecular flexibility index (Phi) is 9.41. The van der Waals surface area contributed by atoms with Gasteiger partial charge in [0.25, 0.3) is 0 Å². The van der Waals surface area contributed by atoms with E-state index in [-0.39, 0.29) is 5.54 Å². The second-order valence-electron chi connectivity index (χ2n) is 2.46. The third-order valence-electron chi connectivity index (χ3n) is 0.936. The van der Waals surface area contributed by atoms with Crippen molar-refractivity contribution in [1.82, 2.24) is 0 Å². The molecule has 12 heavy (non-hydrogen) atoms. The zero-order chi connectivity index (χ0) is 10.0. The van der Waals surface area contributed by atoms with Crippen LogP contribution in [0.1, 0.15) is 34.6 Å². The van der Waals surface area contributed by atoms with Crippen LogP contribution in [0, 0.1) is 0 Å². The van der Waals surface area contributed by atoms with Crippen molar-refractivity contribution in [1.29, 1.82) is 0 Å². The lowest BCUT2D eigenvalue weighted by molar-refractivity contribution is 0.213. The van der Waals surface area contributed by atoms with Crippen molar-refractivity contribution in [2.45, 2.75) is 40.2 Å². The van der Waals surface area contributed by atoms with Crippen LogP contribution in [0.15, 0.2) is 10.1 Å². The fourth-order valence-electron chi connectivity index (χ4n) is 0.548. The van der Waals surface area contributed by atoms with E-state index in [4.69, 9.17) is 0 Å². The lowest BCUT2D eigenvalue weighted by Crippen LogP contribution is -2.18. The first-order valence-electron chi connectivity index (χ1n) is 4.20. The van der Waals surface area contributed by atoms with Gasteiger partial charge in [0.15, 0.2) is 0 Å². The Bertz CT molecular complexity index is 139. The molecule has 0 aromatic heterocycles. The van der Waals surface area contributed by atoms with Crippen LogP contribution in [0.4, 0.5) is 0 Å². The molecular formula is C9H20N2O. The summed E-state index contributed by atoms with van der Waals surface area (Å²) in [6.45, 7) is 9.79. The van der Waals surface area contributed by atoms with Crippen LogP contribution in [-0.2, 0) is 4.84 Å². The molecular weight excluding hydrogens is 152 g/mol. The van der Waals surface area contributed by atoms with Gasteiger partial charge in [-0.2, -0.15) is 0 Å². The zero-order valence-corrected chi connectivity index (χ0v) is 8.96. The average molecular weight is 172 g/mol. The molecule has 3 nitrogen and oxygen atoms in total. The van der Waals surface area contributed by atoms with Crippen molar-refractivity contribution in [3.8, 4) is 0 Å². The van der Waals surface area contributed by atoms with E-state index in [1.165, 1.54) is 7.11 Å². The van der Waals surface area contributed by atoms with Gasteiger partial charge in [0.2, 0.25) is 0 Å². The summed E-state index contributed by atoms with van der Waals surface area (Å²) < 4.78 is 0. The van der Waals surface area contributed by atoms with Gasteiger partial charge in [-0.1, -0.05) is 19.0 Å². The molecule has 0 aromatic rings. The summed E-state index contributed by atoms with van der Waals surface area (Å²) in [6, 6.07) is 0. The fraction of sp³-hybridized carbons (Fsp3) is 0.778. The van der Waals surface area contributed by atoms with Crippen molar-refractivity contribution in [3.05, 3.63) is 0 Å². The maximum Gasteiger partial charge on any atom is 0.106 e. The van der Waals surface area contributed by atoms with Gasteiger partial charge in [0, 0.05) is 0 Å². The fourth-order valence-corrected chi connectivity index (χ4v) is 0.548. The van der Waals surface area contributed by atoms with Crippen molar-refractivity contribution in [3.63, 3.8) is 0 Å². The summed E-state index contributed by atoms with van der Waals surface area (Å²) in [4.78, 5) is 8.66. The maximum absolute atomic E-state index is 4.52. The molecule has 0 fully saturated rings. The SMILES string of the molecule is CC.CC=NC(C)(C)/C=N\OC. The molecule has 0 amide bonds.